The number of benzene rings is 2. The van der Waals surface area contributed by atoms with E-state index in [2.05, 4.69) is 46.6 Å². The molecule has 9 nitrogen and oxygen atoms in total. The second-order valence-corrected chi connectivity index (χ2v) is 14.8. The molecular formula is C35H44Br2N6O3. The van der Waals surface area contributed by atoms with Crippen LogP contribution in [0.15, 0.2) is 62.4 Å². The first kappa shape index (κ1) is 33.2. The van der Waals surface area contributed by atoms with Crippen molar-refractivity contribution in [3.05, 3.63) is 73.7 Å². The van der Waals surface area contributed by atoms with Crippen molar-refractivity contribution >= 4 is 49.2 Å². The molecule has 46 heavy (non-hydrogen) atoms. The Morgan fingerprint density at radius 1 is 0.870 bits per heavy atom. The topological polar surface area (TPSA) is 108 Å². The number of imidazole rings is 1. The van der Waals surface area contributed by atoms with Crippen LogP contribution >= 0.6 is 31.9 Å². The SMILES string of the molecule is Nc1c(Br)cc(C(=O)[C@H](CC(=O)N2CCC(n3cc(-c4ccccc4)[nH]c3=O)CC2)CN2CCC(N3CCCCC3)CC2)cc1Br. The highest BCUT2D eigenvalue weighted by Gasteiger charge is 2.33. The van der Waals surface area contributed by atoms with Gasteiger partial charge in [-0.15, -0.1) is 0 Å². The van der Waals surface area contributed by atoms with Crippen molar-refractivity contribution in [2.24, 2.45) is 5.92 Å². The van der Waals surface area contributed by atoms with Crippen molar-refractivity contribution in [3.63, 3.8) is 0 Å². The van der Waals surface area contributed by atoms with Gasteiger partial charge >= 0.3 is 5.69 Å². The molecule has 0 spiro atoms. The Balaban J connectivity index is 1.11. The zero-order chi connectivity index (χ0) is 32.2. The number of rotatable bonds is 9. The van der Waals surface area contributed by atoms with Crippen LogP contribution in [0.1, 0.15) is 67.8 Å². The van der Waals surface area contributed by atoms with E-state index < -0.39 is 5.92 Å². The molecule has 0 unspecified atom stereocenters. The standard InChI is InChI=1S/C35H44Br2N6O3/c36-29-19-25(20-30(37)33(29)38)34(45)26(22-40-15-9-27(10-16-40)41-13-5-2-6-14-41)21-32(44)42-17-11-28(12-18-42)43-23-31(39-35(43)46)24-7-3-1-4-8-24/h1,3-4,7-8,19-20,23,26-28H,2,5-6,9-18,21-22,38H2,(H,39,46)/t26-/m1/s1. The number of piperidine rings is 3. The Morgan fingerprint density at radius 3 is 2.15 bits per heavy atom. The molecule has 246 valence electrons. The van der Waals surface area contributed by atoms with Crippen molar-refractivity contribution in [3.8, 4) is 11.3 Å². The molecule has 3 aliphatic heterocycles. The first-order chi connectivity index (χ1) is 22.3. The molecule has 3 aliphatic rings. The monoisotopic (exact) mass is 754 g/mol. The van der Waals surface area contributed by atoms with E-state index in [-0.39, 0.29) is 29.8 Å². The number of nitrogens with two attached hydrogens (primary N) is 1. The molecular weight excluding hydrogens is 712 g/mol. The second kappa shape index (κ2) is 15.0. The summed E-state index contributed by atoms with van der Waals surface area (Å²) in [5, 5.41) is 0. The highest BCUT2D eigenvalue weighted by Crippen LogP contribution is 2.32. The van der Waals surface area contributed by atoms with Crippen LogP contribution in [0.25, 0.3) is 11.3 Å². The molecule has 0 saturated carbocycles. The number of hydrogen-bond acceptors (Lipinski definition) is 6. The van der Waals surface area contributed by atoms with Crippen molar-refractivity contribution in [1.29, 1.82) is 0 Å². The van der Waals surface area contributed by atoms with Gasteiger partial charge in [-0.1, -0.05) is 36.8 Å². The first-order valence-corrected chi connectivity index (χ1v) is 18.2. The maximum Gasteiger partial charge on any atom is 0.326 e. The van der Waals surface area contributed by atoms with Gasteiger partial charge in [0.2, 0.25) is 5.91 Å². The number of likely N-dealkylation sites (tertiary alicyclic amines) is 3. The summed E-state index contributed by atoms with van der Waals surface area (Å²) in [6, 6.07) is 14.0. The number of carbonyl (C=O) groups excluding carboxylic acids is 2. The third-order valence-electron chi connectivity index (χ3n) is 10.1. The quantitative estimate of drug-likeness (QED) is 0.207. The van der Waals surface area contributed by atoms with E-state index in [4.69, 9.17) is 5.73 Å². The zero-order valence-corrected chi connectivity index (χ0v) is 29.5. The van der Waals surface area contributed by atoms with Gasteiger partial charge in [-0.2, -0.15) is 0 Å². The van der Waals surface area contributed by atoms with Gasteiger partial charge in [0.1, 0.15) is 0 Å². The minimum atomic E-state index is -0.458. The predicted octanol–water partition coefficient (Wildman–Crippen LogP) is 5.95. The smallest absolute Gasteiger partial charge is 0.326 e. The summed E-state index contributed by atoms with van der Waals surface area (Å²) < 4.78 is 3.10. The minimum absolute atomic E-state index is 0.0000285. The lowest BCUT2D eigenvalue weighted by atomic mass is 9.91. The van der Waals surface area contributed by atoms with Gasteiger partial charge in [-0.25, -0.2) is 4.79 Å². The summed E-state index contributed by atoms with van der Waals surface area (Å²) in [5.74, 6) is -0.491. The number of amides is 1. The Kier molecular flexibility index (Phi) is 10.8. The molecule has 1 amide bonds. The third kappa shape index (κ3) is 7.69. The summed E-state index contributed by atoms with van der Waals surface area (Å²) in [6.45, 7) is 5.96. The Hall–Kier alpha value is -2.73. The fraction of sp³-hybridized carbons (Fsp3) is 0.514. The highest BCUT2D eigenvalue weighted by molar-refractivity contribution is 9.11. The molecule has 6 rings (SSSR count). The molecule has 0 radical (unpaired) electrons. The lowest BCUT2D eigenvalue weighted by Crippen LogP contribution is -2.48. The van der Waals surface area contributed by atoms with Gasteiger partial charge in [-0.05, 0) is 114 Å². The molecule has 3 N–H and O–H groups in total. The van der Waals surface area contributed by atoms with Crippen LogP contribution < -0.4 is 11.4 Å². The molecule has 3 fully saturated rings. The summed E-state index contributed by atoms with van der Waals surface area (Å²) in [7, 11) is 0. The maximum atomic E-state index is 14.0. The number of aromatic nitrogens is 2. The van der Waals surface area contributed by atoms with Gasteiger partial charge in [-0.3, -0.25) is 14.2 Å². The second-order valence-electron chi connectivity index (χ2n) is 13.1. The van der Waals surface area contributed by atoms with Crippen molar-refractivity contribution in [2.45, 2.75) is 63.5 Å². The molecule has 0 aliphatic carbocycles. The fourth-order valence-corrected chi connectivity index (χ4v) is 8.63. The summed E-state index contributed by atoms with van der Waals surface area (Å²) >= 11 is 6.98. The number of H-pyrrole nitrogens is 1. The normalized spacial score (nSPS) is 19.7. The van der Waals surface area contributed by atoms with E-state index in [0.717, 1.165) is 37.2 Å². The molecule has 1 aromatic heterocycles. The largest absolute Gasteiger partial charge is 0.397 e. The number of nitrogens with one attached hydrogen (secondary N) is 1. The van der Waals surface area contributed by atoms with Gasteiger partial charge in [0.05, 0.1) is 11.4 Å². The Labute approximate surface area is 287 Å². The van der Waals surface area contributed by atoms with Gasteiger partial charge in [0, 0.05) is 64.8 Å². The fourth-order valence-electron chi connectivity index (χ4n) is 7.44. The highest BCUT2D eigenvalue weighted by atomic mass is 79.9. The van der Waals surface area contributed by atoms with E-state index in [1.54, 1.807) is 16.7 Å². The van der Waals surface area contributed by atoms with Crippen LogP contribution in [0.4, 0.5) is 5.69 Å². The predicted molar refractivity (Wildman–Crippen MR) is 189 cm³/mol. The number of aromatic amines is 1. The Morgan fingerprint density at radius 2 is 1.50 bits per heavy atom. The molecule has 4 heterocycles. The molecule has 3 aromatic rings. The number of nitrogen functional groups attached to an aromatic ring is 1. The average Bonchev–Trinajstić information content (AvgIpc) is 3.48. The maximum absolute atomic E-state index is 14.0. The summed E-state index contributed by atoms with van der Waals surface area (Å²) in [4.78, 5) is 50.5. The van der Waals surface area contributed by atoms with Crippen molar-refractivity contribution < 1.29 is 9.59 Å². The summed E-state index contributed by atoms with van der Waals surface area (Å²) in [5.41, 5.74) is 8.86. The Bertz CT molecular complexity index is 1550. The van der Waals surface area contributed by atoms with Crippen molar-refractivity contribution in [2.75, 3.05) is 51.5 Å². The molecule has 11 heteroatoms. The van der Waals surface area contributed by atoms with E-state index in [1.807, 2.05) is 41.4 Å². The van der Waals surface area contributed by atoms with Crippen LogP contribution in [0.3, 0.4) is 0 Å². The van der Waals surface area contributed by atoms with Crippen LogP contribution in [0.2, 0.25) is 0 Å². The molecule has 3 saturated heterocycles. The number of halogens is 2. The first-order valence-electron chi connectivity index (χ1n) is 16.7. The third-order valence-corrected chi connectivity index (χ3v) is 11.4. The van der Waals surface area contributed by atoms with Crippen LogP contribution in [0.5, 0.6) is 0 Å². The number of Topliss-reactive ketones (excluding diaryl/α,β-unsaturated/α-hetero) is 1. The van der Waals surface area contributed by atoms with Crippen LogP contribution in [-0.4, -0.2) is 87.8 Å². The van der Waals surface area contributed by atoms with Gasteiger partial charge in [0.15, 0.2) is 5.78 Å². The molecule has 2 aromatic carbocycles. The van der Waals surface area contributed by atoms with Gasteiger partial charge < -0.3 is 25.4 Å². The average molecular weight is 757 g/mol. The zero-order valence-electron chi connectivity index (χ0n) is 26.3. The van der Waals surface area contributed by atoms with Crippen LogP contribution in [0, 0.1) is 5.92 Å². The summed E-state index contributed by atoms with van der Waals surface area (Å²) in [6.07, 6.45) is 9.57. The lowest BCUT2D eigenvalue weighted by Gasteiger charge is -2.41. The number of ketones is 1. The number of nitrogens with zero attached hydrogens (tertiary/aromatic N) is 4. The molecule has 0 bridgehead atoms. The van der Waals surface area contributed by atoms with E-state index >= 15 is 0 Å². The lowest BCUT2D eigenvalue weighted by molar-refractivity contribution is -0.133. The van der Waals surface area contributed by atoms with Gasteiger partial charge in [0.25, 0.3) is 0 Å². The van der Waals surface area contributed by atoms with Crippen LogP contribution in [-0.2, 0) is 4.79 Å². The van der Waals surface area contributed by atoms with Crippen molar-refractivity contribution in [1.82, 2.24) is 24.3 Å². The minimum Gasteiger partial charge on any atom is -0.397 e. The van der Waals surface area contributed by atoms with E-state index in [0.29, 0.717) is 58.7 Å². The van der Waals surface area contributed by atoms with E-state index in [9.17, 15) is 14.4 Å². The molecule has 1 atom stereocenters. The van der Waals surface area contributed by atoms with E-state index in [1.165, 1.54) is 32.4 Å². The number of hydrogen-bond donors (Lipinski definition) is 2. The number of carbonyl (C=O) groups is 2. The number of anilines is 1.